The first-order chi connectivity index (χ1) is 33.2. The molecule has 5 aromatic rings. The summed E-state index contributed by atoms with van der Waals surface area (Å²) in [5.41, 5.74) is 6.90. The van der Waals surface area contributed by atoms with Crippen LogP contribution in [-0.4, -0.2) is 103 Å². The van der Waals surface area contributed by atoms with Crippen LogP contribution in [0.15, 0.2) is 60.5 Å². The Bertz CT molecular complexity index is 2740. The van der Waals surface area contributed by atoms with Crippen molar-refractivity contribution in [2.75, 3.05) is 30.4 Å². The molecule has 362 valence electrons. The molecule has 1 saturated heterocycles. The maximum absolute atomic E-state index is 14.1. The highest BCUT2D eigenvalue weighted by Gasteiger charge is 2.45. The molecule has 1 unspecified atom stereocenters. The molecule has 4 amide bonds. The highest BCUT2D eigenvalue weighted by Crippen LogP contribution is 2.45. The molecule has 5 heterocycles. The zero-order chi connectivity index (χ0) is 49.0. The predicted octanol–water partition coefficient (Wildman–Crippen LogP) is 6.25. The largest absolute Gasteiger partial charge is 0.495 e. The Morgan fingerprint density at radius 3 is 2.49 bits per heavy atom. The highest BCUT2D eigenvalue weighted by atomic mass is 32.1. The molecule has 2 fully saturated rings. The van der Waals surface area contributed by atoms with E-state index >= 15 is 0 Å². The highest BCUT2D eigenvalue weighted by molar-refractivity contribution is 7.13. The van der Waals surface area contributed by atoms with Gasteiger partial charge in [0, 0.05) is 44.1 Å². The molecule has 8 rings (SSSR count). The molecule has 0 bridgehead atoms. The van der Waals surface area contributed by atoms with Gasteiger partial charge in [0.2, 0.25) is 23.7 Å². The van der Waals surface area contributed by atoms with E-state index in [-0.39, 0.29) is 62.3 Å². The summed E-state index contributed by atoms with van der Waals surface area (Å²) < 4.78 is 7.62. The Morgan fingerprint density at radius 1 is 1.04 bits per heavy atom. The average molecular weight is 957 g/mol. The molecule has 18 nitrogen and oxygen atoms in total. The lowest BCUT2D eigenvalue weighted by Crippen LogP contribution is -2.57. The van der Waals surface area contributed by atoms with Crippen LogP contribution in [0.3, 0.4) is 0 Å². The fourth-order valence-electron chi connectivity index (χ4n) is 9.64. The van der Waals surface area contributed by atoms with Crippen LogP contribution in [0, 0.1) is 23.7 Å². The van der Waals surface area contributed by atoms with E-state index in [9.17, 15) is 29.5 Å². The zero-order valence-electron chi connectivity index (χ0n) is 39.9. The lowest BCUT2D eigenvalue weighted by molar-refractivity contribution is -0.144. The third kappa shape index (κ3) is 10.4. The summed E-state index contributed by atoms with van der Waals surface area (Å²) in [7, 11) is 1.51. The number of fused-ring (bicyclic) bond motifs is 3. The van der Waals surface area contributed by atoms with Gasteiger partial charge < -0.3 is 40.9 Å². The second kappa shape index (κ2) is 20.8. The predicted molar refractivity (Wildman–Crippen MR) is 261 cm³/mol. The number of thiazole rings is 1. The second-order valence-electron chi connectivity index (χ2n) is 19.0. The molecule has 0 radical (unpaired) electrons. The van der Waals surface area contributed by atoms with Gasteiger partial charge in [0.25, 0.3) is 5.91 Å². The van der Waals surface area contributed by atoms with Crippen LogP contribution in [0.4, 0.5) is 17.5 Å². The van der Waals surface area contributed by atoms with Gasteiger partial charge >= 0.3 is 0 Å². The van der Waals surface area contributed by atoms with Gasteiger partial charge in [0.15, 0.2) is 11.5 Å². The number of methoxy groups -OCH3 is 1. The first-order valence-corrected chi connectivity index (χ1v) is 24.5. The van der Waals surface area contributed by atoms with E-state index in [1.807, 2.05) is 62.0 Å². The lowest BCUT2D eigenvalue weighted by atomic mass is 9.85. The topological polar surface area (TPSA) is 233 Å². The molecule has 2 aliphatic heterocycles. The average Bonchev–Trinajstić information content (AvgIpc) is 4.19. The maximum atomic E-state index is 14.1. The number of imidazole rings is 1. The number of nitrogens with zero attached hydrogens (tertiary/aromatic N) is 8. The summed E-state index contributed by atoms with van der Waals surface area (Å²) in [5, 5.41) is 32.5. The number of anilines is 3. The van der Waals surface area contributed by atoms with E-state index in [2.05, 4.69) is 54.1 Å². The number of aryl methyl sites for hydroxylation is 1. The summed E-state index contributed by atoms with van der Waals surface area (Å²) in [6, 6.07) is 13.4. The summed E-state index contributed by atoms with van der Waals surface area (Å²) in [4.78, 5) is 77.5. The van der Waals surface area contributed by atoms with Gasteiger partial charge in [-0.1, -0.05) is 64.8 Å². The van der Waals surface area contributed by atoms with Crippen molar-refractivity contribution in [1.29, 1.82) is 5.26 Å². The Labute approximate surface area is 405 Å². The Balaban J connectivity index is 0.848. The minimum atomic E-state index is -0.976. The minimum absolute atomic E-state index is 0.0276. The number of carbonyl (C=O) groups is 4. The normalized spacial score (nSPS) is 18.2. The molecule has 1 saturated carbocycles. The number of rotatable bonds is 16. The maximum Gasteiger partial charge on any atom is 0.251 e. The van der Waals surface area contributed by atoms with Gasteiger partial charge in [0.1, 0.15) is 35.9 Å². The van der Waals surface area contributed by atoms with Crippen molar-refractivity contribution >= 4 is 52.4 Å². The van der Waals surface area contributed by atoms with Gasteiger partial charge in [0.05, 0.1) is 52.9 Å². The number of nitriles is 1. The number of aliphatic hydroxyl groups is 1. The minimum Gasteiger partial charge on any atom is -0.495 e. The number of nitrogens with one attached hydrogen (secondary N) is 4. The molecular weight excluding hydrogens is 897 g/mol. The fraction of sp³-hybridized carbons (Fsp3) is 0.460. The smallest absolute Gasteiger partial charge is 0.251 e. The van der Waals surface area contributed by atoms with E-state index in [0.717, 1.165) is 71.0 Å². The number of ether oxygens (including phenoxy) is 1. The van der Waals surface area contributed by atoms with Crippen LogP contribution in [0.1, 0.15) is 118 Å². The number of carbonyl (C=O) groups excluding carboxylic acids is 4. The van der Waals surface area contributed by atoms with Crippen molar-refractivity contribution in [2.24, 2.45) is 5.41 Å². The summed E-state index contributed by atoms with van der Waals surface area (Å²) in [6.07, 6.45) is 8.01. The van der Waals surface area contributed by atoms with E-state index in [1.54, 1.807) is 42.1 Å². The molecule has 3 aromatic heterocycles. The number of β-amino-alcohol motifs (C(OH)–C–C–N with tert-alkyl or cyclic N) is 1. The number of hydrogen-bond acceptors (Lipinski definition) is 14. The van der Waals surface area contributed by atoms with E-state index in [4.69, 9.17) is 9.72 Å². The van der Waals surface area contributed by atoms with E-state index < -0.39 is 29.5 Å². The number of hydrogen-bond donors (Lipinski definition) is 5. The second-order valence-corrected chi connectivity index (χ2v) is 19.8. The molecule has 1 aliphatic carbocycles. The standard InChI is InChI=1S/C50H60N12O6S/c1-7-37-42-36(23-51)55-27-61(42)39-25-54-49(59-45(39)62(37)33-11-8-9-12-33)57-35-19-18-32(21-40(35)68-6)46(65)52-20-10-13-41(64)58-44(50(3,4)5)48(67)60-26-34(63)22-38(60)47(66)53-24-30-14-16-31(17-15-30)43-29(2)56-28-69-43/h14-19,21,25,27-28,33-34,37-38,44,63H,7-13,20,22,24,26H2,1-6H3,(H,52,65)(H,53,66)(H,58,64)(H,54,57,59)/t34-,37?,38+,44-/m1/s1. The monoisotopic (exact) mass is 956 g/mol. The molecule has 19 heteroatoms. The number of aliphatic hydroxyl groups excluding tert-OH is 1. The summed E-state index contributed by atoms with van der Waals surface area (Å²) >= 11 is 1.57. The van der Waals surface area contributed by atoms with E-state index in [1.165, 1.54) is 12.0 Å². The third-order valence-electron chi connectivity index (χ3n) is 13.2. The number of benzene rings is 2. The SMILES string of the molecule is CCC1c2c(C#N)ncn2-c2cnc(Nc3ccc(C(=O)NCCCC(=O)N[C@H](C(=O)N4C[C@H](O)C[C@H]4C(=O)NCc4ccc(-c5scnc5C)cc4)C(C)(C)C)cc3OC)nc2N1C1CCCC1. The summed E-state index contributed by atoms with van der Waals surface area (Å²) in [6.45, 7) is 9.97. The van der Waals surface area contributed by atoms with E-state index in [0.29, 0.717) is 35.1 Å². The Morgan fingerprint density at radius 2 is 1.81 bits per heavy atom. The first kappa shape index (κ1) is 48.5. The lowest BCUT2D eigenvalue weighted by Gasteiger charge is -2.41. The quantitative estimate of drug-likeness (QED) is 0.0690. The summed E-state index contributed by atoms with van der Waals surface area (Å²) in [5.74, 6) is -0.0685. The number of likely N-dealkylation sites (tertiary alicyclic amines) is 1. The molecular formula is C50H60N12O6S. The van der Waals surface area contributed by atoms with Crippen LogP contribution in [-0.2, 0) is 20.9 Å². The fourth-order valence-corrected chi connectivity index (χ4v) is 10.5. The van der Waals surface area contributed by atoms with Crippen LogP contribution in [0.2, 0.25) is 0 Å². The zero-order valence-corrected chi connectivity index (χ0v) is 40.7. The van der Waals surface area contributed by atoms with Crippen molar-refractivity contribution < 1.29 is 29.0 Å². The third-order valence-corrected chi connectivity index (χ3v) is 14.2. The van der Waals surface area contributed by atoms with Crippen LogP contribution < -0.4 is 30.9 Å². The van der Waals surface area contributed by atoms with Gasteiger partial charge in [-0.15, -0.1) is 11.3 Å². The van der Waals surface area contributed by atoms with Crippen molar-refractivity contribution in [3.05, 3.63) is 88.7 Å². The van der Waals surface area contributed by atoms with Crippen molar-refractivity contribution in [3.8, 4) is 27.9 Å². The Kier molecular flexibility index (Phi) is 14.6. The molecule has 4 atom stereocenters. The Hall–Kier alpha value is -6.91. The van der Waals surface area contributed by atoms with Crippen LogP contribution in [0.25, 0.3) is 16.1 Å². The molecule has 3 aliphatic rings. The first-order valence-electron chi connectivity index (χ1n) is 23.6. The van der Waals surface area contributed by atoms with Crippen LogP contribution >= 0.6 is 11.3 Å². The molecule has 0 spiro atoms. The van der Waals surface area contributed by atoms with Gasteiger partial charge in [-0.3, -0.25) is 23.7 Å². The number of aromatic nitrogens is 5. The molecule has 5 N–H and O–H groups in total. The van der Waals surface area contributed by atoms with Crippen molar-refractivity contribution in [3.63, 3.8) is 0 Å². The van der Waals surface area contributed by atoms with Crippen LogP contribution in [0.5, 0.6) is 5.75 Å². The molecule has 2 aromatic carbocycles. The van der Waals surface area contributed by atoms with Gasteiger partial charge in [-0.25, -0.2) is 15.0 Å². The van der Waals surface area contributed by atoms with Crippen molar-refractivity contribution in [1.82, 2.24) is 45.4 Å². The number of amides is 4. The van der Waals surface area contributed by atoms with Gasteiger partial charge in [-0.05, 0) is 67.3 Å². The molecule has 69 heavy (non-hydrogen) atoms. The van der Waals surface area contributed by atoms with Crippen molar-refractivity contribution in [2.45, 2.75) is 123 Å². The van der Waals surface area contributed by atoms with Gasteiger partial charge in [-0.2, -0.15) is 10.2 Å².